The highest BCUT2D eigenvalue weighted by molar-refractivity contribution is 5.30. The topological polar surface area (TPSA) is 0 Å². The van der Waals surface area contributed by atoms with Crippen molar-refractivity contribution in [2.75, 3.05) is 0 Å². The predicted octanol–water partition coefficient (Wildman–Crippen LogP) is 11.6. The maximum Gasteiger partial charge on any atom is -0.0165 e. The predicted molar refractivity (Wildman–Crippen MR) is 187 cm³/mol. The lowest BCUT2D eigenvalue weighted by atomic mass is 9.28. The minimum atomic E-state index is 0.552. The fraction of sp³-hybridized carbons (Fsp3) is 1.00. The molecule has 0 amide bonds. The third-order valence-corrected chi connectivity index (χ3v) is 20.8. The van der Waals surface area contributed by atoms with E-state index in [0.29, 0.717) is 10.8 Å². The van der Waals surface area contributed by atoms with Crippen LogP contribution in [-0.4, -0.2) is 0 Å². The summed E-state index contributed by atoms with van der Waals surface area (Å²) in [5.74, 6) is 24.8. The first-order valence-corrected chi connectivity index (χ1v) is 21.4. The highest BCUT2D eigenvalue weighted by Crippen LogP contribution is 2.87. The van der Waals surface area contributed by atoms with E-state index in [1.165, 1.54) is 0 Å². The summed E-state index contributed by atoms with van der Waals surface area (Å²) in [5, 5.41) is 0. The Morgan fingerprint density at radius 2 is 1.11 bits per heavy atom. The normalized spacial score (nSPS) is 65.9. The third kappa shape index (κ3) is 3.36. The molecule has 10 fully saturated rings. The molecule has 0 radical (unpaired) electrons. The zero-order valence-electron chi connectivity index (χ0n) is 31.2. The summed E-state index contributed by atoms with van der Waals surface area (Å²) in [6, 6.07) is 0. The van der Waals surface area contributed by atoms with Crippen LogP contribution in [-0.2, 0) is 0 Å². The second kappa shape index (κ2) is 9.41. The summed E-state index contributed by atoms with van der Waals surface area (Å²) in [7, 11) is 0. The number of rotatable bonds is 2. The monoisotopic (exact) mass is 613 g/mol. The zero-order valence-corrected chi connectivity index (χ0v) is 31.2. The smallest absolute Gasteiger partial charge is 0.0165 e. The first-order valence-electron chi connectivity index (χ1n) is 21.4. The summed E-state index contributed by atoms with van der Waals surface area (Å²) in [6.07, 6.45) is 14.5. The molecule has 23 unspecified atom stereocenters. The molecule has 0 saturated heterocycles. The molecule has 10 rings (SSSR count). The van der Waals surface area contributed by atoms with Crippen LogP contribution >= 0.6 is 0 Å². The first kappa shape index (κ1) is 29.9. The van der Waals surface area contributed by atoms with Crippen LogP contribution in [0.2, 0.25) is 0 Å². The van der Waals surface area contributed by atoms with E-state index in [1.54, 1.807) is 57.8 Å². The number of hydrogen-bond donors (Lipinski definition) is 0. The van der Waals surface area contributed by atoms with Crippen LogP contribution in [0.15, 0.2) is 0 Å². The molecule has 252 valence electrons. The molecule has 0 nitrogen and oxygen atoms in total. The van der Waals surface area contributed by atoms with Crippen LogP contribution in [0.3, 0.4) is 0 Å². The number of hydrogen-bond acceptors (Lipinski definition) is 0. The molecule has 45 heavy (non-hydrogen) atoms. The van der Waals surface area contributed by atoms with Gasteiger partial charge in [0.15, 0.2) is 0 Å². The summed E-state index contributed by atoms with van der Waals surface area (Å²) in [4.78, 5) is 0. The molecule has 0 bridgehead atoms. The highest BCUT2D eigenvalue weighted by Gasteiger charge is 2.83. The van der Waals surface area contributed by atoms with E-state index in [4.69, 9.17) is 0 Å². The van der Waals surface area contributed by atoms with E-state index in [2.05, 4.69) is 69.2 Å². The van der Waals surface area contributed by atoms with Crippen LogP contribution in [0.25, 0.3) is 0 Å². The summed E-state index contributed by atoms with van der Waals surface area (Å²) in [5.41, 5.74) is 1.25. The van der Waals surface area contributed by atoms with Gasteiger partial charge in [0.1, 0.15) is 0 Å². The van der Waals surface area contributed by atoms with Crippen molar-refractivity contribution in [2.24, 2.45) is 153 Å². The second-order valence-corrected chi connectivity index (χ2v) is 22.7. The van der Waals surface area contributed by atoms with E-state index in [1.807, 2.05) is 0 Å². The van der Waals surface area contributed by atoms with Gasteiger partial charge in [0, 0.05) is 0 Å². The van der Waals surface area contributed by atoms with Crippen molar-refractivity contribution in [2.45, 2.75) is 127 Å². The van der Waals surface area contributed by atoms with Crippen LogP contribution in [0.4, 0.5) is 0 Å². The maximum atomic E-state index is 2.87. The van der Waals surface area contributed by atoms with Crippen molar-refractivity contribution >= 4 is 0 Å². The van der Waals surface area contributed by atoms with Crippen molar-refractivity contribution in [1.82, 2.24) is 0 Å². The molecule has 0 heteroatoms. The van der Waals surface area contributed by atoms with Gasteiger partial charge in [0.25, 0.3) is 0 Å². The van der Waals surface area contributed by atoms with Gasteiger partial charge in [-0.05, 0) is 211 Å². The molecular weight excluding hydrogens is 540 g/mol. The van der Waals surface area contributed by atoms with Gasteiger partial charge in [0.05, 0.1) is 0 Å². The molecule has 0 aromatic heterocycles. The fourth-order valence-corrected chi connectivity index (χ4v) is 20.4. The van der Waals surface area contributed by atoms with Crippen LogP contribution in [0, 0.1) is 153 Å². The quantitative estimate of drug-likeness (QED) is 0.291. The molecule has 0 aromatic rings. The average Bonchev–Trinajstić information content (AvgIpc) is 3.59. The van der Waals surface area contributed by atoms with Gasteiger partial charge in [-0.1, -0.05) is 69.2 Å². The van der Waals surface area contributed by atoms with Gasteiger partial charge in [-0.2, -0.15) is 0 Å². The molecule has 0 heterocycles. The van der Waals surface area contributed by atoms with Crippen molar-refractivity contribution in [3.63, 3.8) is 0 Å². The van der Waals surface area contributed by atoms with Gasteiger partial charge in [-0.3, -0.25) is 0 Å². The minimum absolute atomic E-state index is 0.552. The van der Waals surface area contributed by atoms with Gasteiger partial charge < -0.3 is 0 Å². The molecule has 23 atom stereocenters. The first-order chi connectivity index (χ1) is 21.4. The van der Waals surface area contributed by atoms with Crippen molar-refractivity contribution in [1.29, 1.82) is 0 Å². The third-order valence-electron chi connectivity index (χ3n) is 20.8. The summed E-state index contributed by atoms with van der Waals surface area (Å²) in [6.45, 7) is 27.4. The molecular formula is C45H72. The van der Waals surface area contributed by atoms with E-state index in [-0.39, 0.29) is 0 Å². The van der Waals surface area contributed by atoms with E-state index in [9.17, 15) is 0 Å². The maximum absolute atomic E-state index is 2.87. The minimum Gasteiger partial charge on any atom is -0.0625 e. The van der Waals surface area contributed by atoms with Crippen molar-refractivity contribution < 1.29 is 0 Å². The van der Waals surface area contributed by atoms with Crippen molar-refractivity contribution in [3.8, 4) is 0 Å². The standard InChI is InChI=1S/C45H72/c1-20(2)26-16-27-18-29-24(7)15-35-39-40-37-30(11-22(5)13-34(37)44(35,9)10)31-12-23(6)14-36(38(31)40)45(43(29)39)41-25(8)28(21(3)4)19-33(41)32(17-26)42(27)45/h20-43H,11-19H2,1-10H3. The fourth-order valence-electron chi connectivity index (χ4n) is 20.4. The molecule has 0 N–H and O–H groups in total. The Kier molecular flexibility index (Phi) is 6.25. The average molecular weight is 613 g/mol. The van der Waals surface area contributed by atoms with E-state index < -0.39 is 0 Å². The lowest BCUT2D eigenvalue weighted by Crippen LogP contribution is -2.71. The Hall–Kier alpha value is 0. The summed E-state index contributed by atoms with van der Waals surface area (Å²) < 4.78 is 0. The Balaban J connectivity index is 1.24. The highest BCUT2D eigenvalue weighted by atomic mass is 14.9. The summed E-state index contributed by atoms with van der Waals surface area (Å²) >= 11 is 0. The second-order valence-electron chi connectivity index (χ2n) is 22.7. The van der Waals surface area contributed by atoms with Gasteiger partial charge in [0.2, 0.25) is 0 Å². The van der Waals surface area contributed by atoms with Crippen LogP contribution < -0.4 is 0 Å². The molecule has 10 saturated carbocycles. The van der Waals surface area contributed by atoms with E-state index >= 15 is 0 Å². The van der Waals surface area contributed by atoms with Crippen molar-refractivity contribution in [3.05, 3.63) is 0 Å². The Bertz CT molecular complexity index is 1210. The largest absolute Gasteiger partial charge is 0.0625 e. The van der Waals surface area contributed by atoms with Gasteiger partial charge >= 0.3 is 0 Å². The number of fused-ring (bicyclic) bond motifs is 3. The van der Waals surface area contributed by atoms with Crippen LogP contribution in [0.1, 0.15) is 127 Å². The van der Waals surface area contributed by atoms with Crippen LogP contribution in [0.5, 0.6) is 0 Å². The molecule has 10 aliphatic carbocycles. The lowest BCUT2D eigenvalue weighted by molar-refractivity contribution is -0.288. The Labute approximate surface area is 279 Å². The Morgan fingerprint density at radius 3 is 1.78 bits per heavy atom. The lowest BCUT2D eigenvalue weighted by Gasteiger charge is -2.76. The molecule has 0 aromatic carbocycles. The zero-order chi connectivity index (χ0) is 31.2. The van der Waals surface area contributed by atoms with Gasteiger partial charge in [-0.15, -0.1) is 0 Å². The van der Waals surface area contributed by atoms with E-state index in [0.717, 1.165) is 142 Å². The molecule has 10 aliphatic rings. The Morgan fingerprint density at radius 1 is 0.489 bits per heavy atom. The SMILES string of the molecule is CC1CC2C3CC(C)CC4C3C3C2C(C1)C(C)(C)C1CC(C)C2CC5CC(C(C)C)CC6C7CC(C(C)C)C(C)C7C4(C56)C2C31. The van der Waals surface area contributed by atoms with Gasteiger partial charge in [-0.25, -0.2) is 0 Å². The molecule has 1 spiro atoms. The molecule has 0 aliphatic heterocycles.